The Morgan fingerprint density at radius 3 is 0.873 bits per heavy atom. The molecule has 63 heavy (non-hydrogen) atoms. The van der Waals surface area contributed by atoms with Crippen molar-refractivity contribution in [2.75, 3.05) is 13.2 Å². The number of carbonyl (C=O) groups is 3. The van der Waals surface area contributed by atoms with Crippen molar-refractivity contribution in [1.82, 2.24) is 0 Å². The molecule has 0 radical (unpaired) electrons. The third-order valence-corrected chi connectivity index (χ3v) is 12.5. The molecule has 370 valence electrons. The predicted octanol–water partition coefficient (Wildman–Crippen LogP) is 18.3. The normalized spacial score (nSPS) is 12.1. The van der Waals surface area contributed by atoms with Crippen LogP contribution in [0.2, 0.25) is 0 Å². The molecule has 0 aromatic rings. The van der Waals surface area contributed by atoms with Crippen LogP contribution >= 0.6 is 0 Å². The van der Waals surface area contributed by atoms with E-state index in [1.807, 2.05) is 0 Å². The van der Waals surface area contributed by atoms with Gasteiger partial charge in [-0.15, -0.1) is 0 Å². The molecule has 0 bridgehead atoms. The highest BCUT2D eigenvalue weighted by atomic mass is 16.6. The lowest BCUT2D eigenvalue weighted by atomic mass is 10.0. The van der Waals surface area contributed by atoms with E-state index < -0.39 is 6.10 Å². The van der Waals surface area contributed by atoms with E-state index in [9.17, 15) is 14.4 Å². The summed E-state index contributed by atoms with van der Waals surface area (Å²) in [5.74, 6) is -0.855. The number of ether oxygens (including phenoxy) is 3. The fourth-order valence-corrected chi connectivity index (χ4v) is 8.24. The Hall–Kier alpha value is -2.11. The third-order valence-electron chi connectivity index (χ3n) is 12.5. The second kappa shape index (κ2) is 52.5. The summed E-state index contributed by atoms with van der Waals surface area (Å²) in [5, 5.41) is 0. The Bertz CT molecular complexity index is 1020. The van der Waals surface area contributed by atoms with Crippen LogP contribution in [0.1, 0.15) is 303 Å². The molecular formula is C57H106O6. The fraction of sp³-hybridized carbons (Fsp3) is 0.877. The highest BCUT2D eigenvalue weighted by Crippen LogP contribution is 2.16. The van der Waals surface area contributed by atoms with Crippen molar-refractivity contribution in [2.45, 2.75) is 309 Å². The lowest BCUT2D eigenvalue weighted by Crippen LogP contribution is -2.30. The van der Waals surface area contributed by atoms with Gasteiger partial charge < -0.3 is 14.2 Å². The highest BCUT2D eigenvalue weighted by molar-refractivity contribution is 5.71. The Morgan fingerprint density at radius 1 is 0.317 bits per heavy atom. The molecule has 0 aromatic heterocycles. The first kappa shape index (κ1) is 60.9. The zero-order chi connectivity index (χ0) is 45.8. The van der Waals surface area contributed by atoms with E-state index >= 15 is 0 Å². The molecule has 0 heterocycles. The first-order chi connectivity index (χ1) is 31.0. The van der Waals surface area contributed by atoms with Gasteiger partial charge in [-0.2, -0.15) is 0 Å². The first-order valence-corrected chi connectivity index (χ1v) is 27.8. The SMILES string of the molecule is CCCCCCC/C=C\C/C=C\CCCCCCCCCCCCCCCC(=O)OCC(COC(=O)CCCCCCCCCCCC)OC(=O)CCCCCCCCCCCC. The molecule has 0 aliphatic rings. The molecule has 0 rings (SSSR count). The number of rotatable bonds is 51. The minimum atomic E-state index is -0.763. The first-order valence-electron chi connectivity index (χ1n) is 27.8. The lowest BCUT2D eigenvalue weighted by Gasteiger charge is -2.18. The van der Waals surface area contributed by atoms with Crippen LogP contribution in [-0.2, 0) is 28.6 Å². The van der Waals surface area contributed by atoms with Gasteiger partial charge in [0.1, 0.15) is 13.2 Å². The molecule has 0 aliphatic carbocycles. The molecule has 1 atom stereocenters. The second-order valence-electron chi connectivity index (χ2n) is 18.9. The molecule has 0 N–H and O–H groups in total. The monoisotopic (exact) mass is 887 g/mol. The average molecular weight is 887 g/mol. The van der Waals surface area contributed by atoms with Crippen molar-refractivity contribution in [2.24, 2.45) is 0 Å². The summed E-state index contributed by atoms with van der Waals surface area (Å²) in [7, 11) is 0. The van der Waals surface area contributed by atoms with Gasteiger partial charge in [-0.3, -0.25) is 14.4 Å². The van der Waals surface area contributed by atoms with Crippen molar-refractivity contribution in [3.63, 3.8) is 0 Å². The van der Waals surface area contributed by atoms with Gasteiger partial charge >= 0.3 is 17.9 Å². The van der Waals surface area contributed by atoms with Crippen LogP contribution in [-0.4, -0.2) is 37.2 Å². The van der Waals surface area contributed by atoms with Crippen LogP contribution in [0.3, 0.4) is 0 Å². The maximum absolute atomic E-state index is 12.7. The minimum Gasteiger partial charge on any atom is -0.462 e. The van der Waals surface area contributed by atoms with E-state index in [-0.39, 0.29) is 31.1 Å². The summed E-state index contributed by atoms with van der Waals surface area (Å²) >= 11 is 0. The molecule has 6 heteroatoms. The van der Waals surface area contributed by atoms with Crippen molar-refractivity contribution in [1.29, 1.82) is 0 Å². The van der Waals surface area contributed by atoms with Gasteiger partial charge in [-0.25, -0.2) is 0 Å². The molecular weight excluding hydrogens is 781 g/mol. The lowest BCUT2D eigenvalue weighted by molar-refractivity contribution is -0.167. The summed E-state index contributed by atoms with van der Waals surface area (Å²) in [6.07, 6.45) is 60.4. The van der Waals surface area contributed by atoms with Crippen molar-refractivity contribution in [3.8, 4) is 0 Å². The van der Waals surface area contributed by atoms with Gasteiger partial charge in [0.05, 0.1) is 0 Å². The highest BCUT2D eigenvalue weighted by Gasteiger charge is 2.19. The molecule has 0 saturated heterocycles. The van der Waals surface area contributed by atoms with Gasteiger partial charge in [0.2, 0.25) is 0 Å². The Kier molecular flexibility index (Phi) is 50.8. The summed E-state index contributed by atoms with van der Waals surface area (Å²) in [5.41, 5.74) is 0. The molecule has 1 unspecified atom stereocenters. The van der Waals surface area contributed by atoms with Gasteiger partial charge in [-0.05, 0) is 51.4 Å². The van der Waals surface area contributed by atoms with Gasteiger partial charge in [0.25, 0.3) is 0 Å². The Morgan fingerprint density at radius 2 is 0.571 bits per heavy atom. The van der Waals surface area contributed by atoms with Crippen LogP contribution in [0.5, 0.6) is 0 Å². The molecule has 6 nitrogen and oxygen atoms in total. The maximum atomic E-state index is 12.7. The smallest absolute Gasteiger partial charge is 0.306 e. The van der Waals surface area contributed by atoms with E-state index in [0.717, 1.165) is 64.2 Å². The number of hydrogen-bond donors (Lipinski definition) is 0. The van der Waals surface area contributed by atoms with Crippen molar-refractivity contribution in [3.05, 3.63) is 24.3 Å². The van der Waals surface area contributed by atoms with Crippen LogP contribution in [0, 0.1) is 0 Å². The zero-order valence-electron chi connectivity index (χ0n) is 42.4. The van der Waals surface area contributed by atoms with E-state index in [0.29, 0.717) is 19.3 Å². The number of allylic oxidation sites excluding steroid dienone is 4. The second-order valence-corrected chi connectivity index (χ2v) is 18.9. The van der Waals surface area contributed by atoms with Crippen LogP contribution in [0.15, 0.2) is 24.3 Å². The summed E-state index contributed by atoms with van der Waals surface area (Å²) in [6, 6.07) is 0. The molecule has 0 aromatic carbocycles. The van der Waals surface area contributed by atoms with Crippen LogP contribution < -0.4 is 0 Å². The summed E-state index contributed by atoms with van der Waals surface area (Å²) < 4.78 is 16.8. The molecule has 0 amide bonds. The number of esters is 3. The fourth-order valence-electron chi connectivity index (χ4n) is 8.24. The maximum Gasteiger partial charge on any atom is 0.306 e. The number of unbranched alkanes of at least 4 members (excludes halogenated alkanes) is 36. The van der Waals surface area contributed by atoms with Gasteiger partial charge in [0, 0.05) is 19.3 Å². The summed E-state index contributed by atoms with van der Waals surface area (Å²) in [4.78, 5) is 37.9. The minimum absolute atomic E-state index is 0.0662. The number of hydrogen-bond acceptors (Lipinski definition) is 6. The number of carbonyl (C=O) groups excluding carboxylic acids is 3. The topological polar surface area (TPSA) is 78.9 Å². The Labute approximate surface area is 392 Å². The molecule has 0 spiro atoms. The molecule has 0 saturated carbocycles. The average Bonchev–Trinajstić information content (AvgIpc) is 3.28. The predicted molar refractivity (Wildman–Crippen MR) is 270 cm³/mol. The standard InChI is InChI=1S/C57H106O6/c1-4-7-10-13-16-19-22-23-24-25-26-27-28-29-30-31-32-33-34-35-36-39-41-44-47-50-56(59)62-53-54(63-57(60)51-48-45-42-38-21-18-15-12-9-6-3)52-61-55(58)49-46-43-40-37-20-17-14-11-8-5-2/h22-23,25-26,54H,4-21,24,27-53H2,1-3H3/b23-22-,26-25-. The van der Waals surface area contributed by atoms with Crippen LogP contribution in [0.4, 0.5) is 0 Å². The van der Waals surface area contributed by atoms with E-state index in [1.54, 1.807) is 0 Å². The molecule has 0 fully saturated rings. The van der Waals surface area contributed by atoms with E-state index in [4.69, 9.17) is 14.2 Å². The van der Waals surface area contributed by atoms with E-state index in [1.165, 1.54) is 199 Å². The van der Waals surface area contributed by atoms with Crippen molar-refractivity contribution < 1.29 is 28.6 Å². The summed E-state index contributed by atoms with van der Waals surface area (Å²) in [6.45, 7) is 6.63. The Balaban J connectivity index is 4.11. The van der Waals surface area contributed by atoms with Gasteiger partial charge in [0.15, 0.2) is 6.10 Å². The third kappa shape index (κ3) is 50.7. The van der Waals surface area contributed by atoms with Crippen LogP contribution in [0.25, 0.3) is 0 Å². The molecule has 0 aliphatic heterocycles. The van der Waals surface area contributed by atoms with Crippen molar-refractivity contribution >= 4 is 17.9 Å². The van der Waals surface area contributed by atoms with E-state index in [2.05, 4.69) is 45.1 Å². The zero-order valence-corrected chi connectivity index (χ0v) is 42.4. The quantitative estimate of drug-likeness (QED) is 0.0262. The van der Waals surface area contributed by atoms with Gasteiger partial charge in [-0.1, -0.05) is 257 Å². The largest absolute Gasteiger partial charge is 0.462 e.